The van der Waals surface area contributed by atoms with Crippen molar-refractivity contribution in [2.75, 3.05) is 39.3 Å². The minimum atomic E-state index is -1.49. The summed E-state index contributed by atoms with van der Waals surface area (Å²) in [5, 5.41) is 11.3. The van der Waals surface area contributed by atoms with Crippen LogP contribution in [0.1, 0.15) is 306 Å². The maximum Gasteiger partial charge on any atom is 0.304 e. The van der Waals surface area contributed by atoms with Crippen LogP contribution in [0.3, 0.4) is 0 Å². The second kappa shape index (κ2) is 48.9. The summed E-state index contributed by atoms with van der Waals surface area (Å²) in [7, 11) is 0. The summed E-state index contributed by atoms with van der Waals surface area (Å²) in [6.07, 6.45) is 35.8. The van der Waals surface area contributed by atoms with Crippen LogP contribution in [0.2, 0.25) is 0 Å². The number of likely N-dealkylation sites (tertiary alicyclic amines) is 3. The highest BCUT2D eigenvalue weighted by atomic mass is 16.6. The lowest BCUT2D eigenvalue weighted by Crippen LogP contribution is -2.58. The third kappa shape index (κ3) is 23.7. The number of ketones is 9. The van der Waals surface area contributed by atoms with E-state index in [-0.39, 0.29) is 51.5 Å². The van der Waals surface area contributed by atoms with Crippen LogP contribution in [-0.2, 0) is 87.5 Å². The molecule has 12 aliphatic rings. The first kappa shape index (κ1) is 103. The zero-order valence-electron chi connectivity index (χ0n) is 80.0. The van der Waals surface area contributed by atoms with E-state index in [9.17, 15) is 53.3 Å². The molecule has 3 aliphatic heterocycles. The summed E-state index contributed by atoms with van der Waals surface area (Å²) in [5.41, 5.74) is 28.7. The number of hydrogen-bond donors (Lipinski definition) is 4. The van der Waals surface area contributed by atoms with E-state index in [2.05, 4.69) is 99.6 Å². The van der Waals surface area contributed by atoms with E-state index in [0.717, 1.165) is 228 Å². The summed E-state index contributed by atoms with van der Waals surface area (Å²) in [4.78, 5) is 126. The largest absolute Gasteiger partial charge is 0.315 e. The van der Waals surface area contributed by atoms with E-state index < -0.39 is 32.6 Å². The van der Waals surface area contributed by atoms with Crippen molar-refractivity contribution in [3.8, 4) is 0 Å². The highest BCUT2D eigenvalue weighted by Crippen LogP contribution is 2.47. The molecular formula is C117H144N8O11. The van der Waals surface area contributed by atoms with Gasteiger partial charge in [0.2, 0.25) is 5.78 Å². The van der Waals surface area contributed by atoms with Gasteiger partial charge >= 0.3 is 5.54 Å². The van der Waals surface area contributed by atoms with E-state index in [1.54, 1.807) is 30.3 Å². The fraction of sp³-hybridized carbons (Fsp3) is 0.462. The van der Waals surface area contributed by atoms with Gasteiger partial charge in [-0.05, 0) is 179 Å². The number of rotatable bonds is 13. The average Bonchev–Trinajstić information content (AvgIpc) is 0.752. The Labute approximate surface area is 806 Å². The van der Waals surface area contributed by atoms with Gasteiger partial charge in [-0.25, -0.2) is 0 Å². The maximum atomic E-state index is 12.5. The normalized spacial score (nSPS) is 27.8. The van der Waals surface area contributed by atoms with Gasteiger partial charge < -0.3 is 22.9 Å². The van der Waals surface area contributed by atoms with E-state index >= 15 is 0 Å². The van der Waals surface area contributed by atoms with Crippen LogP contribution in [0, 0.1) is 10.1 Å². The number of Topliss-reactive ketones (excluding diaryl/α,β-unsaturated/α-hetero) is 9. The van der Waals surface area contributed by atoms with Crippen molar-refractivity contribution >= 4 is 52.0 Å². The predicted octanol–water partition coefficient (Wildman–Crippen LogP) is 21.3. The third-order valence-corrected chi connectivity index (χ3v) is 30.9. The van der Waals surface area contributed by atoms with Gasteiger partial charge in [0.25, 0.3) is 0 Å². The molecule has 9 aliphatic carbocycles. The van der Waals surface area contributed by atoms with Gasteiger partial charge in [0, 0.05) is 120 Å². The lowest BCUT2D eigenvalue weighted by Gasteiger charge is -2.50. The van der Waals surface area contributed by atoms with Crippen molar-refractivity contribution in [1.82, 2.24) is 14.7 Å². The Morgan fingerprint density at radius 1 is 0.228 bits per heavy atom. The minimum Gasteiger partial charge on any atom is -0.315 e. The molecule has 0 bridgehead atoms. The fourth-order valence-electron chi connectivity index (χ4n) is 22.5. The van der Waals surface area contributed by atoms with Crippen molar-refractivity contribution < 1.29 is 48.1 Å². The Bertz CT molecular complexity index is 4910. The summed E-state index contributed by atoms with van der Waals surface area (Å²) in [6.45, 7) is 6.50. The monoisotopic (exact) mass is 1840 g/mol. The van der Waals surface area contributed by atoms with Crippen LogP contribution < -0.4 is 22.9 Å². The SMILES string of the molecule is NC1(c2ccccc2)CCCCC1=O.NC1(c2ccccc2)CCCCC1=O.N[C@@]1(c2ccccc2)CCCCC1=O.N[C@]1(c2ccccc2)CCCCC1=O.O=C1CCCCC1(c1ccccc1)N1CCC1.O=C1CCCCC1(c1ccccc1)[N+](=O)[O-].O=C1CCCCC1c1ccccc1.O=C1CCCC[C@@]1(c1ccccc1)N1CCC1.O=C1CCCC[C@]1(c1ccccc1)N1CCC1. The Hall–Kier alpha value is -10.9. The standard InChI is InChI=1S/3C15H19NO.C12H13NO3.4C12H15NO.C12H14O/c3*17-14-9-4-5-10-15(14,16-11-6-12-16)13-7-2-1-3-8-13;14-11-8-4-5-9-12(11,13(15)16)10-6-2-1-3-7-10;4*13-12(9-5-4-8-11(12)14)10-6-2-1-3-7-10;13-12-9-5-4-8-11(12)10-6-2-1-3-7-10/h3*1-3,7-8H,4-6,9-12H2;1-3,6-7H,4-5,8-9H2;4*1-3,6-7H,4-5,8-9,13H2;1-3,6-7,11H,4-5,8-9H2/t2*15-;;;2*12-;;;/m10..10.../s1. The molecule has 9 aromatic carbocycles. The molecule has 5 unspecified atom stereocenters. The molecule has 3 heterocycles. The predicted molar refractivity (Wildman–Crippen MR) is 538 cm³/mol. The molecule has 9 aromatic rings. The highest BCUT2D eigenvalue weighted by Gasteiger charge is 2.54. The molecule has 0 radical (unpaired) electrons. The summed E-state index contributed by atoms with van der Waals surface area (Å²) in [5.74, 6) is 2.44. The first-order valence-corrected chi connectivity index (χ1v) is 50.8. The quantitative estimate of drug-likeness (QED) is 0.0615. The molecule has 0 amide bonds. The van der Waals surface area contributed by atoms with E-state index in [1.165, 1.54) is 67.2 Å². The molecule has 9 atom stereocenters. The van der Waals surface area contributed by atoms with Crippen molar-refractivity contribution in [3.05, 3.63) is 333 Å². The highest BCUT2D eigenvalue weighted by molar-refractivity contribution is 5.95. The molecule has 3 saturated heterocycles. The lowest BCUT2D eigenvalue weighted by molar-refractivity contribution is -0.563. The van der Waals surface area contributed by atoms with Gasteiger partial charge in [0.05, 0.1) is 0 Å². The van der Waals surface area contributed by atoms with Gasteiger partial charge in [0.1, 0.15) is 44.6 Å². The summed E-state index contributed by atoms with van der Waals surface area (Å²) < 4.78 is 0. The Kier molecular flexibility index (Phi) is 36.9. The fourth-order valence-corrected chi connectivity index (χ4v) is 22.5. The molecular weight excluding hydrogens is 1690 g/mol. The van der Waals surface area contributed by atoms with Crippen LogP contribution in [0.5, 0.6) is 0 Å². The number of benzene rings is 9. The molecule has 8 N–H and O–H groups in total. The molecule has 718 valence electrons. The van der Waals surface area contributed by atoms with Crippen LogP contribution >= 0.6 is 0 Å². The minimum absolute atomic E-state index is 0.190. The number of carbonyl (C=O) groups is 9. The first-order chi connectivity index (χ1) is 66.0. The number of carbonyl (C=O) groups excluding carboxylic acids is 9. The van der Waals surface area contributed by atoms with Gasteiger partial charge in [-0.15, -0.1) is 0 Å². The molecule has 0 aromatic heterocycles. The molecule has 21 rings (SSSR count). The van der Waals surface area contributed by atoms with Crippen molar-refractivity contribution in [2.24, 2.45) is 22.9 Å². The van der Waals surface area contributed by atoms with Gasteiger partial charge in [-0.3, -0.25) is 68.0 Å². The molecule has 0 spiro atoms. The maximum absolute atomic E-state index is 12.5. The Morgan fingerprint density at radius 2 is 0.441 bits per heavy atom. The number of hydrogen-bond acceptors (Lipinski definition) is 18. The van der Waals surface area contributed by atoms with Crippen LogP contribution in [0.4, 0.5) is 0 Å². The van der Waals surface area contributed by atoms with Gasteiger partial charge in [0.15, 0.2) is 40.5 Å². The van der Waals surface area contributed by atoms with E-state index in [0.29, 0.717) is 67.2 Å². The molecule has 136 heavy (non-hydrogen) atoms. The van der Waals surface area contributed by atoms with Crippen molar-refractivity contribution in [1.29, 1.82) is 0 Å². The second-order valence-corrected chi connectivity index (χ2v) is 39.3. The Morgan fingerprint density at radius 3 is 0.662 bits per heavy atom. The van der Waals surface area contributed by atoms with Gasteiger partial charge in [-0.2, -0.15) is 0 Å². The van der Waals surface area contributed by atoms with Crippen molar-refractivity contribution in [3.63, 3.8) is 0 Å². The zero-order valence-corrected chi connectivity index (χ0v) is 80.0. The zero-order chi connectivity index (χ0) is 95.9. The van der Waals surface area contributed by atoms with Gasteiger partial charge in [-0.1, -0.05) is 324 Å². The average molecular weight is 1840 g/mol. The molecule has 19 nitrogen and oxygen atoms in total. The smallest absolute Gasteiger partial charge is 0.304 e. The number of nitrogens with zero attached hydrogens (tertiary/aromatic N) is 4. The Balaban J connectivity index is 0.000000130. The van der Waals surface area contributed by atoms with E-state index in [1.807, 2.05) is 158 Å². The number of nitrogens with two attached hydrogens (primary N) is 4. The van der Waals surface area contributed by atoms with Crippen LogP contribution in [-0.4, -0.2) is 111 Å². The van der Waals surface area contributed by atoms with Crippen LogP contribution in [0.15, 0.2) is 273 Å². The van der Waals surface area contributed by atoms with E-state index in [4.69, 9.17) is 22.9 Å². The molecule has 19 heteroatoms. The summed E-state index contributed by atoms with van der Waals surface area (Å²) >= 11 is 0. The molecule has 12 fully saturated rings. The number of nitro groups is 1. The summed E-state index contributed by atoms with van der Waals surface area (Å²) in [6, 6.07) is 88.8. The first-order valence-electron chi connectivity index (χ1n) is 50.8. The molecule has 9 saturated carbocycles. The lowest BCUT2D eigenvalue weighted by atomic mass is 9.73. The van der Waals surface area contributed by atoms with Crippen LogP contribution in [0.25, 0.3) is 0 Å². The topological polar surface area (TPSA) is 311 Å². The second-order valence-electron chi connectivity index (χ2n) is 39.3. The third-order valence-electron chi connectivity index (χ3n) is 30.9. The van der Waals surface area contributed by atoms with Crippen molar-refractivity contribution in [2.45, 2.75) is 301 Å².